The van der Waals surface area contributed by atoms with Crippen molar-refractivity contribution >= 4 is 25.8 Å². The Hall–Kier alpha value is -2.30. The first-order valence-corrected chi connectivity index (χ1v) is 14.9. The number of nitriles is 1. The van der Waals surface area contributed by atoms with Crippen LogP contribution in [0.3, 0.4) is 0 Å². The fourth-order valence-corrected chi connectivity index (χ4v) is 6.68. The monoisotopic (exact) mass is 540 g/mol. The third kappa shape index (κ3) is 3.86. The topological polar surface area (TPSA) is 120 Å². The predicted octanol–water partition coefficient (Wildman–Crippen LogP) is 3.36. The largest absolute Gasteiger partial charge is 0.417 e. The molecule has 1 aromatic carbocycles. The van der Waals surface area contributed by atoms with Crippen LogP contribution < -0.4 is 4.90 Å². The average Bonchev–Trinajstić information content (AvgIpc) is 3.28. The summed E-state index contributed by atoms with van der Waals surface area (Å²) in [5, 5.41) is 30.9. The quantitative estimate of drug-likeness (QED) is 0.434. The standard InChI is InChI=1S/C25H31F3N2O6Si/c1-22(2,3)37(5,6)35-10-9-24-17-16(23(4,36-24)18(31)19(24)32)20(33)30(21(17)34)14-8-7-13(12-29)15(11-14)25(26,27)28/h7-8,11,16-19,31-32H,9-10H2,1-6H3/t16-,17+,18-,19+,23+,24-/m1/s1. The number of hydrogen-bond donors (Lipinski definition) is 2. The van der Waals surface area contributed by atoms with Crippen molar-refractivity contribution in [1.29, 1.82) is 5.26 Å². The van der Waals surface area contributed by atoms with Crippen LogP contribution in [0.5, 0.6) is 0 Å². The Labute approximate surface area is 214 Å². The molecular formula is C25H31F3N2O6Si. The Kier molecular flexibility index (Phi) is 6.25. The van der Waals surface area contributed by atoms with Gasteiger partial charge in [0.2, 0.25) is 11.8 Å². The van der Waals surface area contributed by atoms with Gasteiger partial charge < -0.3 is 19.4 Å². The van der Waals surface area contributed by atoms with Gasteiger partial charge in [-0.1, -0.05) is 20.8 Å². The number of fused-ring (bicyclic) bond motifs is 5. The van der Waals surface area contributed by atoms with Crippen LogP contribution in [0.2, 0.25) is 18.1 Å². The van der Waals surface area contributed by atoms with Gasteiger partial charge in [0.15, 0.2) is 8.32 Å². The van der Waals surface area contributed by atoms with Crippen LogP contribution in [-0.2, 0) is 24.9 Å². The third-order valence-corrected chi connectivity index (χ3v) is 13.2. The van der Waals surface area contributed by atoms with E-state index in [2.05, 4.69) is 20.8 Å². The highest BCUT2D eigenvalue weighted by Crippen LogP contribution is 2.62. The first kappa shape index (κ1) is 27.7. The predicted molar refractivity (Wildman–Crippen MR) is 128 cm³/mol. The average molecular weight is 541 g/mol. The van der Waals surface area contributed by atoms with Crippen LogP contribution in [0.1, 0.15) is 45.2 Å². The van der Waals surface area contributed by atoms with Gasteiger partial charge in [-0.2, -0.15) is 18.4 Å². The Bertz CT molecular complexity index is 1190. The van der Waals surface area contributed by atoms with Crippen molar-refractivity contribution in [2.24, 2.45) is 11.8 Å². The lowest BCUT2D eigenvalue weighted by atomic mass is 9.64. The molecule has 8 nitrogen and oxygen atoms in total. The summed E-state index contributed by atoms with van der Waals surface area (Å²) in [5.41, 5.74) is -5.52. The van der Waals surface area contributed by atoms with Gasteiger partial charge in [0.1, 0.15) is 23.4 Å². The molecule has 0 spiro atoms. The fraction of sp³-hybridized carbons (Fsp3) is 0.640. The highest BCUT2D eigenvalue weighted by atomic mass is 28.4. The minimum Gasteiger partial charge on any atom is -0.417 e. The molecule has 6 atom stereocenters. The highest BCUT2D eigenvalue weighted by molar-refractivity contribution is 6.74. The minimum absolute atomic E-state index is 0.00250. The van der Waals surface area contributed by atoms with E-state index in [9.17, 15) is 33.0 Å². The summed E-state index contributed by atoms with van der Waals surface area (Å²) in [4.78, 5) is 27.9. The van der Waals surface area contributed by atoms with Gasteiger partial charge in [-0.3, -0.25) is 9.59 Å². The molecule has 0 aliphatic carbocycles. The number of hydrogen-bond acceptors (Lipinski definition) is 7. The summed E-state index contributed by atoms with van der Waals surface area (Å²) in [6.45, 7) is 11.7. The maximum absolute atomic E-state index is 13.7. The van der Waals surface area contributed by atoms with E-state index in [-0.39, 0.29) is 23.8 Å². The Morgan fingerprint density at radius 3 is 2.27 bits per heavy atom. The number of nitrogens with zero attached hydrogens (tertiary/aromatic N) is 2. The van der Waals surface area contributed by atoms with Crippen molar-refractivity contribution in [2.75, 3.05) is 11.5 Å². The number of aliphatic hydroxyl groups is 2. The Morgan fingerprint density at radius 1 is 1.14 bits per heavy atom. The van der Waals surface area contributed by atoms with Crippen LogP contribution in [0.25, 0.3) is 0 Å². The Morgan fingerprint density at radius 2 is 1.73 bits per heavy atom. The highest BCUT2D eigenvalue weighted by Gasteiger charge is 2.80. The van der Waals surface area contributed by atoms with E-state index in [0.717, 1.165) is 12.1 Å². The SMILES string of the molecule is CC(C)(C)[Si](C)(C)OCC[C@]12O[C@](C)([C@H](O)[C@@H]1O)[C@H]1C(=O)N(c3ccc(C#N)c(C(F)(F)F)c3)C(=O)[C@H]12. The van der Waals surface area contributed by atoms with Crippen molar-refractivity contribution in [3.05, 3.63) is 29.3 Å². The van der Waals surface area contributed by atoms with E-state index in [1.807, 2.05) is 13.1 Å². The number of carbonyl (C=O) groups is 2. The number of ether oxygens (including phenoxy) is 1. The molecule has 1 aromatic rings. The number of alkyl halides is 3. The van der Waals surface area contributed by atoms with Crippen molar-refractivity contribution < 1.29 is 42.1 Å². The second kappa shape index (κ2) is 8.35. The summed E-state index contributed by atoms with van der Waals surface area (Å²) >= 11 is 0. The normalized spacial score (nSPS) is 33.7. The zero-order chi connectivity index (χ0) is 27.9. The zero-order valence-electron chi connectivity index (χ0n) is 21.5. The van der Waals surface area contributed by atoms with Crippen LogP contribution in [-0.4, -0.2) is 60.4 Å². The molecular weight excluding hydrogens is 509 g/mol. The third-order valence-electron chi connectivity index (χ3n) is 8.70. The van der Waals surface area contributed by atoms with Crippen LogP contribution in [0.4, 0.5) is 18.9 Å². The van der Waals surface area contributed by atoms with Crippen molar-refractivity contribution in [3.63, 3.8) is 0 Å². The van der Waals surface area contributed by atoms with E-state index in [1.165, 1.54) is 13.0 Å². The van der Waals surface area contributed by atoms with Crippen molar-refractivity contribution in [2.45, 2.75) is 81.8 Å². The number of aliphatic hydroxyl groups excluding tert-OH is 2. The van der Waals surface area contributed by atoms with Crippen LogP contribution in [0.15, 0.2) is 18.2 Å². The van der Waals surface area contributed by atoms with Gasteiger partial charge in [-0.05, 0) is 43.3 Å². The summed E-state index contributed by atoms with van der Waals surface area (Å²) in [7, 11) is -2.23. The maximum Gasteiger partial charge on any atom is 0.417 e. The van der Waals surface area contributed by atoms with Gasteiger partial charge in [-0.25, -0.2) is 4.90 Å². The second-order valence-corrected chi connectivity index (χ2v) is 16.6. The maximum atomic E-state index is 13.7. The number of rotatable bonds is 5. The van der Waals surface area contributed by atoms with Gasteiger partial charge in [-0.15, -0.1) is 0 Å². The van der Waals surface area contributed by atoms with Gasteiger partial charge >= 0.3 is 6.18 Å². The molecule has 37 heavy (non-hydrogen) atoms. The van der Waals surface area contributed by atoms with E-state index in [0.29, 0.717) is 11.0 Å². The molecule has 3 saturated heterocycles. The van der Waals surface area contributed by atoms with Crippen LogP contribution in [0, 0.1) is 23.2 Å². The first-order chi connectivity index (χ1) is 16.8. The van der Waals surface area contributed by atoms with E-state index < -0.39 is 72.7 Å². The molecule has 2 bridgehead atoms. The number of benzene rings is 1. The molecule has 0 saturated carbocycles. The van der Waals surface area contributed by atoms with E-state index >= 15 is 0 Å². The second-order valence-electron chi connectivity index (χ2n) is 11.8. The number of imide groups is 1. The summed E-state index contributed by atoms with van der Waals surface area (Å²) in [5.74, 6) is -4.09. The zero-order valence-corrected chi connectivity index (χ0v) is 22.5. The molecule has 3 aliphatic rings. The first-order valence-electron chi connectivity index (χ1n) is 12.0. The number of amides is 2. The van der Waals surface area contributed by atoms with E-state index in [4.69, 9.17) is 14.4 Å². The van der Waals surface area contributed by atoms with Crippen LogP contribution >= 0.6 is 0 Å². The number of carbonyl (C=O) groups excluding carboxylic acids is 2. The van der Waals surface area contributed by atoms with E-state index in [1.54, 1.807) is 0 Å². The molecule has 0 radical (unpaired) electrons. The number of halogens is 3. The lowest BCUT2D eigenvalue weighted by molar-refractivity contribution is -0.139. The van der Waals surface area contributed by atoms with Gasteiger partial charge in [0.05, 0.1) is 34.7 Å². The molecule has 2 amide bonds. The molecule has 4 rings (SSSR count). The Balaban J connectivity index is 1.72. The molecule has 0 aromatic heterocycles. The smallest absolute Gasteiger partial charge is 0.417 e. The lowest BCUT2D eigenvalue weighted by Gasteiger charge is -2.40. The molecule has 3 fully saturated rings. The summed E-state index contributed by atoms with van der Waals surface area (Å²) in [6.07, 6.45) is -7.89. The fourth-order valence-electron chi connectivity index (χ4n) is 5.64. The summed E-state index contributed by atoms with van der Waals surface area (Å²) < 4.78 is 53.0. The molecule has 2 N–H and O–H groups in total. The summed E-state index contributed by atoms with van der Waals surface area (Å²) in [6, 6.07) is 4.08. The van der Waals surface area contributed by atoms with Gasteiger partial charge in [0, 0.05) is 13.0 Å². The van der Waals surface area contributed by atoms with Crippen molar-refractivity contribution in [1.82, 2.24) is 0 Å². The minimum atomic E-state index is -4.88. The molecule has 12 heteroatoms. The number of anilines is 1. The lowest BCUT2D eigenvalue weighted by Crippen LogP contribution is -2.58. The molecule has 3 heterocycles. The molecule has 0 unspecified atom stereocenters. The van der Waals surface area contributed by atoms with Gasteiger partial charge in [0.25, 0.3) is 0 Å². The molecule has 202 valence electrons. The molecule has 3 aliphatic heterocycles. The van der Waals surface area contributed by atoms with Crippen molar-refractivity contribution in [3.8, 4) is 6.07 Å².